The topological polar surface area (TPSA) is 207 Å². The molecule has 17 heteroatoms. The second kappa shape index (κ2) is 16.3. The van der Waals surface area contributed by atoms with Crippen molar-refractivity contribution in [2.75, 3.05) is 13.1 Å². The van der Waals surface area contributed by atoms with Gasteiger partial charge in [-0.3, -0.25) is 14.4 Å². The van der Waals surface area contributed by atoms with Crippen LogP contribution in [0.4, 0.5) is 9.59 Å². The predicted molar refractivity (Wildman–Crippen MR) is 199 cm³/mol. The zero-order chi connectivity index (χ0) is 39.6. The number of sulfonamides is 1. The molecule has 0 spiro atoms. The summed E-state index contributed by atoms with van der Waals surface area (Å²) in [6.07, 6.45) is 8.44. The minimum absolute atomic E-state index is 0.00315. The molecule has 302 valence electrons. The Hall–Kier alpha value is -4.93. The average Bonchev–Trinajstić information content (AvgIpc) is 3.51. The highest BCUT2D eigenvalue weighted by Gasteiger charge is 2.62. The molecule has 0 bridgehead atoms. The van der Waals surface area contributed by atoms with E-state index in [4.69, 9.17) is 14.0 Å². The van der Waals surface area contributed by atoms with Crippen LogP contribution in [-0.4, -0.2) is 96.2 Å². The summed E-state index contributed by atoms with van der Waals surface area (Å²) >= 11 is 0. The zero-order valence-corrected chi connectivity index (χ0v) is 32.6. The molecule has 0 unspecified atom stereocenters. The van der Waals surface area contributed by atoms with E-state index in [-0.39, 0.29) is 41.8 Å². The Balaban J connectivity index is 1.14. The fraction of sp³-hybridized carbons (Fsp3) is 0.590. The number of carbonyl (C=O) groups excluding carboxylic acids is 5. The summed E-state index contributed by atoms with van der Waals surface area (Å²) in [6.45, 7) is 3.52. The number of hydrogen-bond donors (Lipinski definition) is 3. The van der Waals surface area contributed by atoms with Crippen molar-refractivity contribution in [2.24, 2.45) is 5.92 Å². The lowest BCUT2D eigenvalue weighted by molar-refractivity contribution is -0.141. The third kappa shape index (κ3) is 8.42. The van der Waals surface area contributed by atoms with Crippen LogP contribution in [0.25, 0.3) is 0 Å². The van der Waals surface area contributed by atoms with E-state index in [1.54, 1.807) is 4.90 Å². The van der Waals surface area contributed by atoms with Crippen molar-refractivity contribution in [2.45, 2.75) is 132 Å². The number of carbonyl (C=O) groups is 5. The van der Waals surface area contributed by atoms with Crippen LogP contribution < -0.4 is 15.4 Å². The lowest BCUT2D eigenvalue weighted by atomic mass is 10.0. The van der Waals surface area contributed by atoms with Crippen molar-refractivity contribution in [1.29, 1.82) is 0 Å². The standard InChI is InChI=1S/C39H50N6O10S/c1-24-33(25(2)55-42-24)56(51,52)43-36(48)39-21-28(39)14-6-4-3-5-7-17-31(40-37(49)53-29-15-10-11-16-29)35(47)45-23-30(20-32(45)34(46)41-39)54-38(50)44-19-18-26-12-8-9-13-27(26)22-44/h6,8-9,12-14,28-32H,3-5,7,10-11,15-23H2,1-2H3,(H,40,49)(H,41,46)(H,43,48)/b14-6-/t28-,30-,31+,32+,39-/m1/s1. The largest absolute Gasteiger partial charge is 0.446 e. The number of allylic oxidation sites excluding steroid dienone is 1. The lowest BCUT2D eigenvalue weighted by Gasteiger charge is -2.30. The molecule has 3 aliphatic heterocycles. The molecule has 0 radical (unpaired) electrons. The zero-order valence-electron chi connectivity index (χ0n) is 31.8. The second-order valence-corrected chi connectivity index (χ2v) is 17.2. The number of hydrogen-bond acceptors (Lipinski definition) is 11. The highest BCUT2D eigenvalue weighted by atomic mass is 32.2. The number of alkyl carbamates (subject to hydrolysis) is 1. The van der Waals surface area contributed by atoms with Gasteiger partial charge in [0, 0.05) is 25.4 Å². The number of aromatic nitrogens is 1. The van der Waals surface area contributed by atoms with Gasteiger partial charge in [-0.2, -0.15) is 0 Å². The van der Waals surface area contributed by atoms with Crippen LogP contribution in [0, 0.1) is 19.8 Å². The molecule has 2 aromatic rings. The van der Waals surface area contributed by atoms with Crippen LogP contribution in [0.15, 0.2) is 45.8 Å². The predicted octanol–water partition coefficient (Wildman–Crippen LogP) is 3.69. The van der Waals surface area contributed by atoms with Crippen molar-refractivity contribution in [3.63, 3.8) is 0 Å². The van der Waals surface area contributed by atoms with E-state index in [1.807, 2.05) is 36.4 Å². The highest BCUT2D eigenvalue weighted by Crippen LogP contribution is 2.46. The van der Waals surface area contributed by atoms with E-state index in [2.05, 4.69) is 20.5 Å². The Labute approximate surface area is 326 Å². The summed E-state index contributed by atoms with van der Waals surface area (Å²) in [5.41, 5.74) is 0.591. The van der Waals surface area contributed by atoms with Crippen LogP contribution in [0.2, 0.25) is 0 Å². The van der Waals surface area contributed by atoms with E-state index in [1.165, 1.54) is 18.7 Å². The first kappa shape index (κ1) is 39.3. The van der Waals surface area contributed by atoms with Crippen molar-refractivity contribution in [1.82, 2.24) is 30.3 Å². The van der Waals surface area contributed by atoms with Crippen molar-refractivity contribution >= 4 is 39.9 Å². The monoisotopic (exact) mass is 794 g/mol. The van der Waals surface area contributed by atoms with Gasteiger partial charge in [0.25, 0.3) is 15.9 Å². The van der Waals surface area contributed by atoms with E-state index in [0.29, 0.717) is 38.8 Å². The third-order valence-electron chi connectivity index (χ3n) is 11.6. The maximum Gasteiger partial charge on any atom is 0.410 e. The Morgan fingerprint density at radius 2 is 1.73 bits per heavy atom. The fourth-order valence-electron chi connectivity index (χ4n) is 8.49. The Bertz CT molecular complexity index is 1970. The number of nitrogens with one attached hydrogen (secondary N) is 3. The van der Waals surface area contributed by atoms with Crippen LogP contribution in [0.1, 0.15) is 93.2 Å². The van der Waals surface area contributed by atoms with Crippen molar-refractivity contribution in [3.05, 3.63) is 59.0 Å². The molecule has 1 saturated heterocycles. The minimum atomic E-state index is -4.44. The van der Waals surface area contributed by atoms with E-state index >= 15 is 0 Å². The van der Waals surface area contributed by atoms with Gasteiger partial charge in [-0.15, -0.1) is 0 Å². The van der Waals surface area contributed by atoms with Crippen molar-refractivity contribution < 1.29 is 46.4 Å². The number of fused-ring (bicyclic) bond motifs is 3. The maximum absolute atomic E-state index is 14.5. The molecule has 5 amide bonds. The van der Waals surface area contributed by atoms with Gasteiger partial charge in [0.05, 0.1) is 6.54 Å². The first-order valence-electron chi connectivity index (χ1n) is 19.6. The molecule has 2 saturated carbocycles. The van der Waals surface area contributed by atoms with Gasteiger partial charge in [-0.25, -0.2) is 22.7 Å². The number of rotatable bonds is 6. The summed E-state index contributed by atoms with van der Waals surface area (Å²) in [5.74, 6) is -2.73. The third-order valence-corrected chi connectivity index (χ3v) is 13.2. The Morgan fingerprint density at radius 3 is 2.48 bits per heavy atom. The highest BCUT2D eigenvalue weighted by molar-refractivity contribution is 7.90. The van der Waals surface area contributed by atoms with Crippen LogP contribution in [0.5, 0.6) is 0 Å². The van der Waals surface area contributed by atoms with E-state index < -0.39 is 69.6 Å². The number of ether oxygens (including phenoxy) is 2. The molecule has 56 heavy (non-hydrogen) atoms. The molecular weight excluding hydrogens is 745 g/mol. The smallest absolute Gasteiger partial charge is 0.410 e. The van der Waals surface area contributed by atoms with Crippen LogP contribution >= 0.6 is 0 Å². The molecule has 7 rings (SSSR count). The molecule has 3 N–H and O–H groups in total. The first-order valence-corrected chi connectivity index (χ1v) is 21.1. The van der Waals surface area contributed by atoms with Gasteiger partial charge in [0.15, 0.2) is 10.7 Å². The van der Waals surface area contributed by atoms with Gasteiger partial charge in [0.1, 0.15) is 35.5 Å². The first-order chi connectivity index (χ1) is 26.8. The van der Waals surface area contributed by atoms with Crippen molar-refractivity contribution in [3.8, 4) is 0 Å². The van der Waals surface area contributed by atoms with E-state index in [0.717, 1.165) is 49.7 Å². The summed E-state index contributed by atoms with van der Waals surface area (Å²) < 4.78 is 45.6. The second-order valence-electron chi connectivity index (χ2n) is 15.6. The molecule has 5 atom stereocenters. The molecule has 2 aliphatic carbocycles. The lowest BCUT2D eigenvalue weighted by Crippen LogP contribution is -2.58. The summed E-state index contributed by atoms with van der Waals surface area (Å²) in [7, 11) is -4.44. The molecule has 4 heterocycles. The normalized spacial score (nSPS) is 27.8. The van der Waals surface area contributed by atoms with Gasteiger partial charge >= 0.3 is 12.2 Å². The van der Waals surface area contributed by atoms with E-state index in [9.17, 15) is 32.4 Å². The molecule has 1 aromatic carbocycles. The molecule has 1 aromatic heterocycles. The SMILES string of the molecule is Cc1noc(C)c1S(=O)(=O)NC(=O)[C@@]12C[C@H]1/C=C\CCCCC[C@H](NC(=O)OC1CCCC1)C(=O)N1C[C@H](OC(=O)N3CCc4ccccc4C3)C[C@H]1C(=O)N2. The number of nitrogens with zero attached hydrogens (tertiary/aromatic N) is 3. The molecule has 5 aliphatic rings. The van der Waals surface area contributed by atoms with Crippen LogP contribution in [-0.2, 0) is 46.8 Å². The van der Waals surface area contributed by atoms with Crippen LogP contribution in [0.3, 0.4) is 0 Å². The molecular formula is C39H50N6O10S. The van der Waals surface area contributed by atoms with Gasteiger partial charge < -0.3 is 34.4 Å². The Kier molecular flexibility index (Phi) is 11.4. The number of benzene rings is 1. The average molecular weight is 795 g/mol. The summed E-state index contributed by atoms with van der Waals surface area (Å²) in [4.78, 5) is 72.1. The quantitative estimate of drug-likeness (QED) is 0.360. The maximum atomic E-state index is 14.5. The summed E-state index contributed by atoms with van der Waals surface area (Å²) in [5, 5.41) is 9.28. The number of amides is 5. The Morgan fingerprint density at radius 1 is 0.982 bits per heavy atom. The van der Waals surface area contributed by atoms with Gasteiger partial charge in [-0.1, -0.05) is 54.4 Å². The molecule has 16 nitrogen and oxygen atoms in total. The molecule has 3 fully saturated rings. The van der Waals surface area contributed by atoms with Gasteiger partial charge in [0.2, 0.25) is 11.8 Å². The number of aryl methyl sites for hydroxylation is 2. The fourth-order valence-corrected chi connectivity index (χ4v) is 9.86. The summed E-state index contributed by atoms with van der Waals surface area (Å²) in [6, 6.07) is 5.61. The van der Waals surface area contributed by atoms with Gasteiger partial charge in [-0.05, 0) is 82.8 Å². The minimum Gasteiger partial charge on any atom is -0.446 e.